The number of benzene rings is 1. The third-order valence-electron chi connectivity index (χ3n) is 2.62. The number of thioether (sulfide) groups is 1. The summed E-state index contributed by atoms with van der Waals surface area (Å²) in [6.07, 6.45) is 2.53. The summed E-state index contributed by atoms with van der Waals surface area (Å²) in [5, 5.41) is 7.46. The number of nitrogens with zero attached hydrogens (tertiary/aromatic N) is 1. The van der Waals surface area contributed by atoms with E-state index in [1.165, 1.54) is 17.7 Å². The lowest BCUT2D eigenvalue weighted by Crippen LogP contribution is -2.39. The highest BCUT2D eigenvalue weighted by atomic mass is 35.5. The Bertz CT molecular complexity index is 401. The van der Waals surface area contributed by atoms with Gasteiger partial charge in [-0.25, -0.2) is 0 Å². The molecule has 0 saturated heterocycles. The minimum absolute atomic E-state index is 0.639. The maximum atomic E-state index is 5.84. The molecule has 0 atom stereocenters. The van der Waals surface area contributed by atoms with Crippen molar-refractivity contribution in [1.29, 1.82) is 0 Å². The zero-order chi connectivity index (χ0) is 12.8. The largest absolute Gasteiger partial charge is 0.356 e. The van der Waals surface area contributed by atoms with E-state index in [-0.39, 0.29) is 0 Å². The Morgan fingerprint density at radius 2 is 2.11 bits per heavy atom. The Morgan fingerprint density at radius 1 is 1.39 bits per heavy atom. The van der Waals surface area contributed by atoms with E-state index >= 15 is 0 Å². The highest BCUT2D eigenvalue weighted by molar-refractivity contribution is 7.99. The van der Waals surface area contributed by atoms with Crippen LogP contribution in [0, 0.1) is 0 Å². The van der Waals surface area contributed by atoms with Gasteiger partial charge in [-0.3, -0.25) is 4.99 Å². The highest BCUT2D eigenvalue weighted by Crippen LogP contribution is 2.20. The van der Waals surface area contributed by atoms with Gasteiger partial charge in [-0.15, -0.1) is 11.8 Å². The van der Waals surface area contributed by atoms with Crippen LogP contribution in [0.3, 0.4) is 0 Å². The molecule has 2 N–H and O–H groups in total. The van der Waals surface area contributed by atoms with Gasteiger partial charge in [0.15, 0.2) is 5.96 Å². The smallest absolute Gasteiger partial charge is 0.191 e. The Kier molecular flexibility index (Phi) is 5.20. The first-order valence-corrected chi connectivity index (χ1v) is 7.50. The first-order chi connectivity index (χ1) is 8.78. The van der Waals surface area contributed by atoms with Gasteiger partial charge >= 0.3 is 0 Å². The van der Waals surface area contributed by atoms with Gasteiger partial charge in [0.25, 0.3) is 0 Å². The van der Waals surface area contributed by atoms with Crippen molar-refractivity contribution in [1.82, 2.24) is 10.6 Å². The molecular weight excluding hydrogens is 266 g/mol. The minimum Gasteiger partial charge on any atom is -0.356 e. The Balaban J connectivity index is 1.64. The Hall–Kier alpha value is -0.870. The van der Waals surface area contributed by atoms with E-state index in [2.05, 4.69) is 15.6 Å². The lowest BCUT2D eigenvalue weighted by Gasteiger charge is -2.10. The van der Waals surface area contributed by atoms with Crippen LogP contribution in [-0.4, -0.2) is 31.3 Å². The van der Waals surface area contributed by atoms with Gasteiger partial charge in [0.1, 0.15) is 0 Å². The summed E-state index contributed by atoms with van der Waals surface area (Å²) in [5.74, 6) is 1.92. The van der Waals surface area contributed by atoms with Crippen molar-refractivity contribution < 1.29 is 0 Å². The van der Waals surface area contributed by atoms with Gasteiger partial charge in [0.2, 0.25) is 0 Å². The van der Waals surface area contributed by atoms with Crippen LogP contribution < -0.4 is 10.6 Å². The fourth-order valence-corrected chi connectivity index (χ4v) is 2.38. The molecule has 18 heavy (non-hydrogen) atoms. The number of aliphatic imine (C=N–C) groups is 1. The predicted molar refractivity (Wildman–Crippen MR) is 79.7 cm³/mol. The summed E-state index contributed by atoms with van der Waals surface area (Å²) in [6.45, 7) is 0.902. The van der Waals surface area contributed by atoms with E-state index in [4.69, 9.17) is 11.6 Å². The van der Waals surface area contributed by atoms with Gasteiger partial charge in [-0.2, -0.15) is 0 Å². The maximum Gasteiger partial charge on any atom is 0.191 e. The molecule has 1 saturated carbocycles. The second-order valence-corrected chi connectivity index (χ2v) is 5.82. The summed E-state index contributed by atoms with van der Waals surface area (Å²) in [6, 6.07) is 8.57. The number of hydrogen-bond acceptors (Lipinski definition) is 2. The van der Waals surface area contributed by atoms with Crippen LogP contribution in [0.1, 0.15) is 12.8 Å². The third kappa shape index (κ3) is 4.78. The number of guanidine groups is 1. The molecule has 0 bridgehead atoms. The molecule has 5 heteroatoms. The predicted octanol–water partition coefficient (Wildman–Crippen LogP) is 2.76. The summed E-state index contributed by atoms with van der Waals surface area (Å²) >= 11 is 7.65. The molecule has 0 radical (unpaired) electrons. The normalized spacial score (nSPS) is 15.6. The monoisotopic (exact) mass is 283 g/mol. The van der Waals surface area contributed by atoms with Crippen molar-refractivity contribution in [3.05, 3.63) is 29.3 Å². The highest BCUT2D eigenvalue weighted by Gasteiger charge is 2.21. The summed E-state index contributed by atoms with van der Waals surface area (Å²) in [4.78, 5) is 5.43. The van der Waals surface area contributed by atoms with Gasteiger partial charge in [-0.05, 0) is 37.1 Å². The van der Waals surface area contributed by atoms with Gasteiger partial charge in [0.05, 0.1) is 0 Å². The van der Waals surface area contributed by atoms with Crippen molar-refractivity contribution in [3.63, 3.8) is 0 Å². The molecule has 1 aliphatic carbocycles. The number of hydrogen-bond donors (Lipinski definition) is 2. The molecule has 0 aromatic heterocycles. The molecule has 1 aromatic carbocycles. The standard InChI is InChI=1S/C13H18ClN3S/c1-15-13(17-11-4-5-11)16-8-9-18-12-6-2-10(14)3-7-12/h2-3,6-7,11H,4-5,8-9H2,1H3,(H2,15,16,17). The molecule has 0 heterocycles. The third-order valence-corrected chi connectivity index (χ3v) is 3.88. The van der Waals surface area contributed by atoms with Crippen LogP contribution in [0.15, 0.2) is 34.2 Å². The fraction of sp³-hybridized carbons (Fsp3) is 0.462. The van der Waals surface area contributed by atoms with E-state index < -0.39 is 0 Å². The second kappa shape index (κ2) is 6.90. The van der Waals surface area contributed by atoms with Crippen molar-refractivity contribution in [2.24, 2.45) is 4.99 Å². The summed E-state index contributed by atoms with van der Waals surface area (Å²) in [7, 11) is 1.81. The topological polar surface area (TPSA) is 36.4 Å². The van der Waals surface area contributed by atoms with Crippen LogP contribution >= 0.6 is 23.4 Å². The van der Waals surface area contributed by atoms with E-state index in [0.29, 0.717) is 6.04 Å². The zero-order valence-electron chi connectivity index (χ0n) is 10.4. The molecule has 1 aliphatic rings. The van der Waals surface area contributed by atoms with Gasteiger partial charge < -0.3 is 10.6 Å². The molecule has 0 aliphatic heterocycles. The molecular formula is C13H18ClN3S. The van der Waals surface area contributed by atoms with Crippen molar-refractivity contribution in [3.8, 4) is 0 Å². The van der Waals surface area contributed by atoms with Crippen LogP contribution in [-0.2, 0) is 0 Å². The lowest BCUT2D eigenvalue weighted by molar-refractivity contribution is 0.828. The van der Waals surface area contributed by atoms with E-state index in [1.54, 1.807) is 0 Å². The van der Waals surface area contributed by atoms with Gasteiger partial charge in [-0.1, -0.05) is 11.6 Å². The number of nitrogens with one attached hydrogen (secondary N) is 2. The average molecular weight is 284 g/mol. The van der Waals surface area contributed by atoms with Crippen molar-refractivity contribution in [2.75, 3.05) is 19.3 Å². The molecule has 3 nitrogen and oxygen atoms in total. The fourth-order valence-electron chi connectivity index (χ4n) is 1.48. The van der Waals surface area contributed by atoms with Crippen LogP contribution in [0.5, 0.6) is 0 Å². The van der Waals surface area contributed by atoms with Crippen molar-refractivity contribution >= 4 is 29.3 Å². The molecule has 98 valence electrons. The van der Waals surface area contributed by atoms with Crippen LogP contribution in [0.2, 0.25) is 5.02 Å². The second-order valence-electron chi connectivity index (χ2n) is 4.22. The molecule has 0 unspecified atom stereocenters. The SMILES string of the molecule is CN=C(NCCSc1ccc(Cl)cc1)NC1CC1. The van der Waals surface area contributed by atoms with E-state index in [1.807, 2.05) is 43.1 Å². The lowest BCUT2D eigenvalue weighted by atomic mass is 10.4. The quantitative estimate of drug-likeness (QED) is 0.378. The Labute approximate surface area is 117 Å². The summed E-state index contributed by atoms with van der Waals surface area (Å²) in [5.41, 5.74) is 0. The zero-order valence-corrected chi connectivity index (χ0v) is 12.0. The van der Waals surface area contributed by atoms with Crippen LogP contribution in [0.25, 0.3) is 0 Å². The van der Waals surface area contributed by atoms with Crippen LogP contribution in [0.4, 0.5) is 0 Å². The number of rotatable bonds is 5. The molecule has 1 aromatic rings. The number of halogens is 1. The summed E-state index contributed by atoms with van der Waals surface area (Å²) < 4.78 is 0. The van der Waals surface area contributed by atoms with E-state index in [9.17, 15) is 0 Å². The molecule has 0 spiro atoms. The first-order valence-electron chi connectivity index (χ1n) is 6.13. The van der Waals surface area contributed by atoms with E-state index in [0.717, 1.165) is 23.3 Å². The molecule has 1 fully saturated rings. The molecule has 2 rings (SSSR count). The minimum atomic E-state index is 0.639. The average Bonchev–Trinajstić information content (AvgIpc) is 3.19. The van der Waals surface area contributed by atoms with Crippen molar-refractivity contribution in [2.45, 2.75) is 23.8 Å². The first kappa shape index (κ1) is 13.6. The van der Waals surface area contributed by atoms with Gasteiger partial charge in [0, 0.05) is 35.3 Å². The maximum absolute atomic E-state index is 5.84. The molecule has 0 amide bonds. The Morgan fingerprint density at radius 3 is 2.72 bits per heavy atom.